The van der Waals surface area contributed by atoms with Gasteiger partial charge in [0, 0.05) is 0 Å². The third kappa shape index (κ3) is 245. The van der Waals surface area contributed by atoms with Gasteiger partial charge in [0.2, 0.25) is 0 Å². The summed E-state index contributed by atoms with van der Waals surface area (Å²) in [5.74, 6) is 0. The van der Waals surface area contributed by atoms with Crippen molar-refractivity contribution in [1.29, 1.82) is 0 Å². The van der Waals surface area contributed by atoms with Crippen LogP contribution in [0.5, 0.6) is 0 Å². The van der Waals surface area contributed by atoms with Crippen molar-refractivity contribution in [2.24, 2.45) is 0 Å². The zero-order valence-corrected chi connectivity index (χ0v) is 9.53. The predicted octanol–water partition coefficient (Wildman–Crippen LogP) is -12.6. The molecule has 0 aliphatic rings. The van der Waals surface area contributed by atoms with E-state index in [-0.39, 0.29) is 71.3 Å². The average Bonchev–Trinajstić information content (AvgIpc) is 0.722. The molecule has 0 atom stereocenters. The molecule has 10 heavy (non-hydrogen) atoms. The van der Waals surface area contributed by atoms with Gasteiger partial charge in [0.15, 0.2) is 0 Å². The van der Waals surface area contributed by atoms with Gasteiger partial charge in [0.05, 0.1) is 0 Å². The summed E-state index contributed by atoms with van der Waals surface area (Å²) in [5, 5.41) is 0. The van der Waals surface area contributed by atoms with Crippen LogP contribution in [-0.4, -0.2) is 17.5 Å². The van der Waals surface area contributed by atoms with Crippen LogP contribution < -0.4 is 49.6 Å². The van der Waals surface area contributed by atoms with Gasteiger partial charge in [0.1, 0.15) is 0 Å². The fourth-order valence-electron chi connectivity index (χ4n) is 0. The zero-order chi connectivity index (χ0) is 4.50. The van der Waals surface area contributed by atoms with E-state index >= 15 is 0 Å². The van der Waals surface area contributed by atoms with Gasteiger partial charge in [-0.1, -0.05) is 0 Å². The molecule has 0 saturated heterocycles. The molecule has 0 rings (SSSR count). The predicted molar refractivity (Wildman–Crippen MR) is 14.2 cm³/mol. The molecule has 0 saturated carbocycles. The van der Waals surface area contributed by atoms with E-state index in [2.05, 4.69) is 0 Å². The molecule has 4 nitrogen and oxygen atoms in total. The van der Waals surface area contributed by atoms with Crippen LogP contribution in [0.3, 0.4) is 0 Å². The monoisotopic (exact) mass is 286 g/mol. The molecule has 10 heteroatoms. The van der Waals surface area contributed by atoms with E-state index in [4.69, 9.17) is 17.5 Å². The summed E-state index contributed by atoms with van der Waals surface area (Å²) in [5.41, 5.74) is 0. The van der Waals surface area contributed by atoms with Crippen molar-refractivity contribution in [3.8, 4) is 0 Å². The Balaban J connectivity index is -0.00000000800. The quantitative estimate of drug-likeness (QED) is 0.343. The van der Waals surface area contributed by atoms with Crippen LogP contribution in [-0.2, 0) is 32.1 Å². The molecule has 0 unspecified atom stereocenters. The maximum Gasteiger partial charge on any atom is 4.00 e. The molecule has 0 heterocycles. The zero-order valence-electron chi connectivity index (χ0n) is 4.13. The Morgan fingerprint density at radius 1 is 0.800 bits per heavy atom. The Hall–Kier alpha value is 1.74. The van der Waals surface area contributed by atoms with Crippen molar-refractivity contribution in [1.82, 2.24) is 0 Å². The summed E-state index contributed by atoms with van der Waals surface area (Å²) < 4.78 is 31.6. The SMILES string of the molecule is O=S(=O)(O)O.[Cl-].[Cl-].[Cl-].[Cl-].[Ti+4]. The van der Waals surface area contributed by atoms with Gasteiger partial charge in [-0.15, -0.1) is 0 Å². The molecular formula is H2Cl4O4STi. The molecule has 0 aromatic heterocycles. The Morgan fingerprint density at radius 3 is 0.800 bits per heavy atom. The van der Waals surface area contributed by atoms with Crippen LogP contribution in [0.25, 0.3) is 0 Å². The molecule has 0 amide bonds. The normalized spacial score (nSPS) is 5.80. The van der Waals surface area contributed by atoms with Crippen LogP contribution in [0.15, 0.2) is 0 Å². The second-order valence-corrected chi connectivity index (χ2v) is 1.34. The Labute approximate surface area is 98.6 Å². The third-order valence-electron chi connectivity index (χ3n) is 0. The molecule has 0 bridgehead atoms. The standard InChI is InChI=1S/4ClH.H2O4S.Ti/c;;;;1-5(2,3)4;/h4*1H;(H2,1,2,3,4);/q;;;;;+4/p-4. The topological polar surface area (TPSA) is 74.6 Å². The molecule has 64 valence electrons. The van der Waals surface area contributed by atoms with Gasteiger partial charge >= 0.3 is 32.1 Å². The van der Waals surface area contributed by atoms with Crippen molar-refractivity contribution in [2.45, 2.75) is 0 Å². The maximum atomic E-state index is 8.74. The number of hydrogen-bond donors (Lipinski definition) is 2. The summed E-state index contributed by atoms with van der Waals surface area (Å²) >= 11 is 0. The second kappa shape index (κ2) is 17.0. The van der Waals surface area contributed by atoms with Gasteiger partial charge in [-0.25, -0.2) is 0 Å². The summed E-state index contributed by atoms with van der Waals surface area (Å²) in [6.07, 6.45) is 0. The van der Waals surface area contributed by atoms with E-state index in [1.807, 2.05) is 0 Å². The molecule has 0 aromatic carbocycles. The van der Waals surface area contributed by atoms with Crippen molar-refractivity contribution >= 4 is 10.4 Å². The first-order valence-corrected chi connectivity index (χ1v) is 2.10. The largest absolute Gasteiger partial charge is 4.00 e. The third-order valence-corrected chi connectivity index (χ3v) is 0. The number of rotatable bonds is 0. The molecular weight excluding hydrogens is 286 g/mol. The van der Waals surface area contributed by atoms with E-state index in [1.165, 1.54) is 0 Å². The van der Waals surface area contributed by atoms with Crippen LogP contribution in [0, 0.1) is 0 Å². The molecule has 0 radical (unpaired) electrons. The van der Waals surface area contributed by atoms with E-state index in [0.29, 0.717) is 0 Å². The van der Waals surface area contributed by atoms with E-state index in [9.17, 15) is 0 Å². The average molecular weight is 288 g/mol. The Kier molecular flexibility index (Phi) is 69.9. The van der Waals surface area contributed by atoms with Crippen molar-refractivity contribution in [3.63, 3.8) is 0 Å². The second-order valence-electron chi connectivity index (χ2n) is 0.448. The molecule has 0 spiro atoms. The van der Waals surface area contributed by atoms with Crippen LogP contribution >= 0.6 is 0 Å². The van der Waals surface area contributed by atoms with Crippen LogP contribution in [0.1, 0.15) is 0 Å². The first kappa shape index (κ1) is 41.1. The van der Waals surface area contributed by atoms with Crippen LogP contribution in [0.2, 0.25) is 0 Å². The first-order chi connectivity index (χ1) is 2.00. The van der Waals surface area contributed by atoms with Crippen molar-refractivity contribution in [3.05, 3.63) is 0 Å². The van der Waals surface area contributed by atoms with Crippen molar-refractivity contribution in [2.75, 3.05) is 0 Å². The van der Waals surface area contributed by atoms with E-state index in [1.54, 1.807) is 0 Å². The summed E-state index contributed by atoms with van der Waals surface area (Å²) in [4.78, 5) is 0. The molecule has 2 N–H and O–H groups in total. The van der Waals surface area contributed by atoms with Crippen molar-refractivity contribution < 1.29 is 88.9 Å². The number of halogens is 4. The smallest absolute Gasteiger partial charge is 1.00 e. The summed E-state index contributed by atoms with van der Waals surface area (Å²) in [6, 6.07) is 0. The van der Waals surface area contributed by atoms with Gasteiger partial charge in [-0.05, 0) is 0 Å². The fraction of sp³-hybridized carbons (Fsp3) is 0. The maximum absolute atomic E-state index is 8.74. The Bertz CT molecular complexity index is 100. The van der Waals surface area contributed by atoms with Gasteiger partial charge < -0.3 is 49.6 Å². The van der Waals surface area contributed by atoms with E-state index in [0.717, 1.165) is 0 Å². The van der Waals surface area contributed by atoms with Gasteiger partial charge in [-0.3, -0.25) is 9.11 Å². The summed E-state index contributed by atoms with van der Waals surface area (Å²) in [7, 11) is -4.67. The molecule has 0 aromatic rings. The molecule has 0 aliphatic carbocycles. The minimum atomic E-state index is -4.67. The number of hydrogen-bond acceptors (Lipinski definition) is 2. The fourth-order valence-corrected chi connectivity index (χ4v) is 0. The molecule has 0 aliphatic heterocycles. The van der Waals surface area contributed by atoms with E-state index < -0.39 is 10.4 Å². The minimum absolute atomic E-state index is 0. The van der Waals surface area contributed by atoms with Gasteiger partial charge in [0.25, 0.3) is 0 Å². The molecule has 0 fully saturated rings. The first-order valence-electron chi connectivity index (χ1n) is 0.698. The van der Waals surface area contributed by atoms with Gasteiger partial charge in [-0.2, -0.15) is 8.42 Å². The summed E-state index contributed by atoms with van der Waals surface area (Å²) in [6.45, 7) is 0. The Morgan fingerprint density at radius 2 is 0.800 bits per heavy atom. The van der Waals surface area contributed by atoms with Crippen LogP contribution in [0.4, 0.5) is 0 Å². The minimum Gasteiger partial charge on any atom is -1.00 e.